The summed E-state index contributed by atoms with van der Waals surface area (Å²) in [7, 11) is 0. The van der Waals surface area contributed by atoms with Gasteiger partial charge >= 0.3 is 0 Å². The number of hydrogen-bond donors (Lipinski definition) is 0. The van der Waals surface area contributed by atoms with Crippen LogP contribution in [0, 0.1) is 0 Å². The van der Waals surface area contributed by atoms with Gasteiger partial charge in [-0.1, -0.05) is 36.4 Å². The topological polar surface area (TPSA) is 36.9 Å². The molecule has 26 heavy (non-hydrogen) atoms. The van der Waals surface area contributed by atoms with Gasteiger partial charge in [0.1, 0.15) is 0 Å². The highest BCUT2D eigenvalue weighted by molar-refractivity contribution is 7.95. The predicted molar refractivity (Wildman–Crippen MR) is 102 cm³/mol. The molecular weight excluding hydrogens is 368 g/mol. The minimum Gasteiger partial charge on any atom is -0.454 e. The average Bonchev–Trinajstić information content (AvgIpc) is 3.17. The first-order valence-electron chi connectivity index (χ1n) is 8.05. The molecule has 0 saturated heterocycles. The molecule has 0 radical (unpaired) electrons. The van der Waals surface area contributed by atoms with E-state index < -0.39 is 6.29 Å². The first-order valence-corrected chi connectivity index (χ1v) is 9.53. The molecule has 132 valence electrons. The molecule has 3 aromatic carbocycles. The molecule has 0 aromatic heterocycles. The highest BCUT2D eigenvalue weighted by atomic mass is 32.2. The third-order valence-electron chi connectivity index (χ3n) is 3.62. The van der Waals surface area contributed by atoms with E-state index in [0.29, 0.717) is 5.75 Å². The molecule has 0 amide bonds. The monoisotopic (exact) mass is 384 g/mol. The number of hydrogen-bond acceptors (Lipinski definition) is 6. The Bertz CT molecular complexity index is 799. The lowest BCUT2D eigenvalue weighted by molar-refractivity contribution is 0.0410. The summed E-state index contributed by atoms with van der Waals surface area (Å²) in [6.45, 7) is 0.239. The molecule has 1 aliphatic heterocycles. The van der Waals surface area contributed by atoms with E-state index in [2.05, 4.69) is 0 Å². The summed E-state index contributed by atoms with van der Waals surface area (Å²) in [5.41, 5.74) is 0.862. The highest BCUT2D eigenvalue weighted by Gasteiger charge is 2.20. The zero-order chi connectivity index (χ0) is 17.6. The summed E-state index contributed by atoms with van der Waals surface area (Å²) in [5.74, 6) is 1.44. The van der Waals surface area contributed by atoms with E-state index in [0.717, 1.165) is 21.1 Å². The van der Waals surface area contributed by atoms with Gasteiger partial charge in [-0.25, -0.2) is 0 Å². The predicted octanol–water partition coefficient (Wildman–Crippen LogP) is 5.86. The normalized spacial score (nSPS) is 12.5. The van der Waals surface area contributed by atoms with Crippen LogP contribution in [0.2, 0.25) is 0 Å². The summed E-state index contributed by atoms with van der Waals surface area (Å²) in [6, 6.07) is 25.5. The molecule has 0 unspecified atom stereocenters. The molecule has 0 spiro atoms. The Hall–Kier alpha value is -2.12. The summed E-state index contributed by atoms with van der Waals surface area (Å²) in [6.07, 6.45) is -0.570. The van der Waals surface area contributed by atoms with Crippen molar-refractivity contribution in [2.75, 3.05) is 6.79 Å². The van der Waals surface area contributed by atoms with Crippen molar-refractivity contribution in [3.05, 3.63) is 84.4 Å². The second-order valence-electron chi connectivity index (χ2n) is 5.43. The van der Waals surface area contributed by atoms with Crippen LogP contribution in [0.5, 0.6) is 11.5 Å². The van der Waals surface area contributed by atoms with Gasteiger partial charge in [-0.2, -0.15) is 0 Å². The van der Waals surface area contributed by atoms with Crippen molar-refractivity contribution in [3.8, 4) is 11.5 Å². The Morgan fingerprint density at radius 3 is 1.88 bits per heavy atom. The van der Waals surface area contributed by atoms with Crippen molar-refractivity contribution < 1.29 is 17.8 Å². The Morgan fingerprint density at radius 1 is 0.692 bits per heavy atom. The molecule has 0 atom stereocenters. The molecular formula is C20H16O4S2. The summed E-state index contributed by atoms with van der Waals surface area (Å²) < 4.78 is 22.8. The molecule has 3 aromatic rings. The summed E-state index contributed by atoms with van der Waals surface area (Å²) >= 11 is 2.56. The van der Waals surface area contributed by atoms with E-state index in [4.69, 9.17) is 17.8 Å². The fourth-order valence-corrected chi connectivity index (χ4v) is 3.62. The van der Waals surface area contributed by atoms with Gasteiger partial charge in [0, 0.05) is 39.4 Å². The fraction of sp³-hybridized carbons (Fsp3) is 0.100. The van der Waals surface area contributed by atoms with Crippen LogP contribution in [0.25, 0.3) is 0 Å². The van der Waals surface area contributed by atoms with Gasteiger partial charge in [0.15, 0.2) is 11.5 Å². The Labute approximate surface area is 160 Å². The molecule has 0 saturated carbocycles. The number of benzene rings is 3. The zero-order valence-electron chi connectivity index (χ0n) is 13.7. The van der Waals surface area contributed by atoms with E-state index in [1.54, 1.807) is 0 Å². The van der Waals surface area contributed by atoms with Crippen molar-refractivity contribution in [1.29, 1.82) is 0 Å². The second kappa shape index (κ2) is 8.51. The van der Waals surface area contributed by atoms with Crippen LogP contribution in [0.3, 0.4) is 0 Å². The Kier molecular flexibility index (Phi) is 5.66. The molecule has 0 aliphatic carbocycles. The smallest absolute Gasteiger partial charge is 0.231 e. The van der Waals surface area contributed by atoms with Crippen molar-refractivity contribution in [1.82, 2.24) is 0 Å². The van der Waals surface area contributed by atoms with Crippen LogP contribution in [0.15, 0.2) is 88.7 Å². The highest BCUT2D eigenvalue weighted by Crippen LogP contribution is 2.39. The minimum absolute atomic E-state index is 0.239. The molecule has 6 heteroatoms. The number of ether oxygens (including phenoxy) is 2. The van der Waals surface area contributed by atoms with E-state index >= 15 is 0 Å². The maximum Gasteiger partial charge on any atom is 0.231 e. The quantitative estimate of drug-likeness (QED) is 0.375. The summed E-state index contributed by atoms with van der Waals surface area (Å²) in [4.78, 5) is 2.01. The van der Waals surface area contributed by atoms with Gasteiger partial charge in [-0.15, -0.1) is 0 Å². The lowest BCUT2D eigenvalue weighted by Gasteiger charge is -2.17. The molecule has 1 aliphatic rings. The van der Waals surface area contributed by atoms with E-state index in [1.807, 2.05) is 78.9 Å². The van der Waals surface area contributed by atoms with Gasteiger partial charge in [0.2, 0.25) is 13.1 Å². The van der Waals surface area contributed by atoms with Crippen molar-refractivity contribution >= 4 is 24.1 Å². The fourth-order valence-electron chi connectivity index (χ4n) is 2.34. The molecule has 4 rings (SSSR count). The zero-order valence-corrected chi connectivity index (χ0v) is 15.4. The van der Waals surface area contributed by atoms with Gasteiger partial charge in [0.05, 0.1) is 0 Å². The molecule has 0 N–H and O–H groups in total. The van der Waals surface area contributed by atoms with E-state index in [-0.39, 0.29) is 6.79 Å². The van der Waals surface area contributed by atoms with Crippen LogP contribution >= 0.6 is 24.1 Å². The molecule has 4 nitrogen and oxygen atoms in total. The molecule has 0 fully saturated rings. The molecule has 1 heterocycles. The largest absolute Gasteiger partial charge is 0.454 e. The SMILES string of the molecule is c1ccc(SOC(OSc2ccccc2)c2ccc3c(c2)OCO3)cc1. The van der Waals surface area contributed by atoms with Crippen molar-refractivity contribution in [2.45, 2.75) is 16.1 Å². The van der Waals surface area contributed by atoms with Gasteiger partial charge in [-0.05, 0) is 42.5 Å². The van der Waals surface area contributed by atoms with Crippen molar-refractivity contribution in [3.63, 3.8) is 0 Å². The van der Waals surface area contributed by atoms with E-state index in [9.17, 15) is 0 Å². The van der Waals surface area contributed by atoms with Gasteiger partial charge in [-0.3, -0.25) is 8.37 Å². The lowest BCUT2D eigenvalue weighted by atomic mass is 10.2. The van der Waals surface area contributed by atoms with Crippen LogP contribution in [-0.2, 0) is 8.37 Å². The Balaban J connectivity index is 1.50. The first kappa shape index (κ1) is 17.3. The number of rotatable bonds is 7. The van der Waals surface area contributed by atoms with Crippen LogP contribution in [-0.4, -0.2) is 6.79 Å². The van der Waals surface area contributed by atoms with Crippen molar-refractivity contribution in [2.24, 2.45) is 0 Å². The van der Waals surface area contributed by atoms with Crippen LogP contribution in [0.1, 0.15) is 11.9 Å². The first-order chi connectivity index (χ1) is 12.9. The van der Waals surface area contributed by atoms with Crippen LogP contribution in [0.4, 0.5) is 0 Å². The third-order valence-corrected chi connectivity index (χ3v) is 5.09. The number of fused-ring (bicyclic) bond motifs is 1. The van der Waals surface area contributed by atoms with E-state index in [1.165, 1.54) is 24.1 Å². The second-order valence-corrected chi connectivity index (χ2v) is 7.09. The lowest BCUT2D eigenvalue weighted by Crippen LogP contribution is -2.01. The molecule has 0 bridgehead atoms. The maximum absolute atomic E-state index is 5.97. The van der Waals surface area contributed by atoms with Crippen LogP contribution < -0.4 is 9.47 Å². The van der Waals surface area contributed by atoms with Gasteiger partial charge in [0.25, 0.3) is 0 Å². The standard InChI is InChI=1S/C20H16O4S2/c1-3-7-16(8-4-1)25-23-20(24-26-17-9-5-2-6-10-17)15-11-12-18-19(13-15)22-14-21-18/h1-13,20H,14H2. The Morgan fingerprint density at radius 2 is 1.27 bits per heavy atom. The summed E-state index contributed by atoms with van der Waals surface area (Å²) in [5, 5.41) is 0. The van der Waals surface area contributed by atoms with Gasteiger partial charge < -0.3 is 9.47 Å². The third kappa shape index (κ3) is 4.34. The minimum atomic E-state index is -0.570. The average molecular weight is 384 g/mol. The maximum atomic E-state index is 5.97.